The van der Waals surface area contributed by atoms with Crippen molar-refractivity contribution in [2.75, 3.05) is 13.2 Å². The lowest BCUT2D eigenvalue weighted by molar-refractivity contribution is -0.137. The minimum absolute atomic E-state index is 0.188. The highest BCUT2D eigenvalue weighted by Gasteiger charge is 2.32. The molecule has 2 aliphatic rings. The van der Waals surface area contributed by atoms with E-state index in [1.165, 1.54) is 19.3 Å². The molecule has 94 valence electrons. The summed E-state index contributed by atoms with van der Waals surface area (Å²) in [5.74, 6) is -0.407. The van der Waals surface area contributed by atoms with Gasteiger partial charge in [0.05, 0.1) is 12.7 Å². The number of nitrogens with one attached hydrogen (secondary N) is 1. The molecule has 4 heteroatoms. The van der Waals surface area contributed by atoms with Crippen LogP contribution < -0.4 is 11.1 Å². The third-order valence-electron chi connectivity index (χ3n) is 3.42. The first kappa shape index (κ1) is 12.3. The number of ether oxygens (including phenoxy) is 2. The molecular formula is C12H24N2O2. The van der Waals surface area contributed by atoms with E-state index in [4.69, 9.17) is 15.2 Å². The second kappa shape index (κ2) is 5.00. The van der Waals surface area contributed by atoms with Gasteiger partial charge in [0.2, 0.25) is 0 Å². The molecule has 1 saturated heterocycles. The Bertz CT molecular complexity index is 231. The molecule has 0 radical (unpaired) electrons. The summed E-state index contributed by atoms with van der Waals surface area (Å²) < 4.78 is 11.3. The van der Waals surface area contributed by atoms with Crippen LogP contribution in [0.2, 0.25) is 0 Å². The molecule has 2 rings (SSSR count). The molecule has 0 aromatic heterocycles. The van der Waals surface area contributed by atoms with Gasteiger partial charge in [0.1, 0.15) is 0 Å². The highest BCUT2D eigenvalue weighted by Crippen LogP contribution is 2.22. The average Bonchev–Trinajstić information content (AvgIpc) is 2.56. The maximum atomic E-state index is 5.96. The molecule has 0 aromatic rings. The van der Waals surface area contributed by atoms with E-state index < -0.39 is 5.79 Å². The maximum absolute atomic E-state index is 5.96. The third kappa shape index (κ3) is 3.42. The predicted octanol–water partition coefficient (Wildman–Crippen LogP) is 0.997. The quantitative estimate of drug-likeness (QED) is 0.756. The summed E-state index contributed by atoms with van der Waals surface area (Å²) in [6.07, 6.45) is 4.94. The SMILES string of the molecule is CC1(C)OCC(CNC2CCCC(N)C2)O1. The molecular weight excluding hydrogens is 204 g/mol. The Hall–Kier alpha value is -0.160. The van der Waals surface area contributed by atoms with Gasteiger partial charge in [-0.2, -0.15) is 0 Å². The topological polar surface area (TPSA) is 56.5 Å². The number of hydrogen-bond acceptors (Lipinski definition) is 4. The fourth-order valence-corrected chi connectivity index (χ4v) is 2.57. The van der Waals surface area contributed by atoms with Crippen LogP contribution in [0.25, 0.3) is 0 Å². The molecule has 1 aliphatic heterocycles. The van der Waals surface area contributed by atoms with Gasteiger partial charge in [-0.05, 0) is 33.1 Å². The van der Waals surface area contributed by atoms with E-state index in [-0.39, 0.29) is 6.10 Å². The van der Waals surface area contributed by atoms with Crippen LogP contribution in [-0.2, 0) is 9.47 Å². The summed E-state index contributed by atoms with van der Waals surface area (Å²) in [5, 5.41) is 3.55. The Kier molecular flexibility index (Phi) is 3.85. The minimum atomic E-state index is -0.407. The molecule has 2 fully saturated rings. The van der Waals surface area contributed by atoms with Crippen LogP contribution >= 0.6 is 0 Å². The lowest BCUT2D eigenvalue weighted by atomic mass is 9.91. The van der Waals surface area contributed by atoms with Crippen molar-refractivity contribution < 1.29 is 9.47 Å². The number of nitrogens with two attached hydrogens (primary N) is 1. The summed E-state index contributed by atoms with van der Waals surface area (Å²) in [6, 6.07) is 0.944. The lowest BCUT2D eigenvalue weighted by Crippen LogP contribution is -2.43. The van der Waals surface area contributed by atoms with Crippen LogP contribution in [-0.4, -0.2) is 37.1 Å². The van der Waals surface area contributed by atoms with E-state index in [1.54, 1.807) is 0 Å². The molecule has 0 bridgehead atoms. The van der Waals surface area contributed by atoms with Gasteiger partial charge in [-0.3, -0.25) is 0 Å². The molecule has 0 aromatic carbocycles. The van der Waals surface area contributed by atoms with Crippen molar-refractivity contribution in [1.82, 2.24) is 5.32 Å². The Labute approximate surface area is 97.9 Å². The molecule has 4 nitrogen and oxygen atoms in total. The fourth-order valence-electron chi connectivity index (χ4n) is 2.57. The maximum Gasteiger partial charge on any atom is 0.163 e. The highest BCUT2D eigenvalue weighted by molar-refractivity contribution is 4.82. The normalized spacial score (nSPS) is 38.8. The Morgan fingerprint density at radius 3 is 2.81 bits per heavy atom. The second-order valence-electron chi connectivity index (χ2n) is 5.48. The van der Waals surface area contributed by atoms with E-state index in [0.717, 1.165) is 13.0 Å². The van der Waals surface area contributed by atoms with Crippen molar-refractivity contribution in [3.05, 3.63) is 0 Å². The monoisotopic (exact) mass is 228 g/mol. The summed E-state index contributed by atoms with van der Waals surface area (Å²) >= 11 is 0. The van der Waals surface area contributed by atoms with E-state index in [9.17, 15) is 0 Å². The van der Waals surface area contributed by atoms with Crippen LogP contribution in [0.5, 0.6) is 0 Å². The Morgan fingerprint density at radius 1 is 1.38 bits per heavy atom. The van der Waals surface area contributed by atoms with Crippen LogP contribution in [0.3, 0.4) is 0 Å². The molecule has 3 N–H and O–H groups in total. The molecule has 0 spiro atoms. The molecule has 16 heavy (non-hydrogen) atoms. The van der Waals surface area contributed by atoms with Crippen LogP contribution in [0.4, 0.5) is 0 Å². The fraction of sp³-hybridized carbons (Fsp3) is 1.00. The van der Waals surface area contributed by atoms with Crippen molar-refractivity contribution >= 4 is 0 Å². The van der Waals surface area contributed by atoms with Crippen LogP contribution in [0.1, 0.15) is 39.5 Å². The predicted molar refractivity (Wildman–Crippen MR) is 63.1 cm³/mol. The van der Waals surface area contributed by atoms with Gasteiger partial charge in [-0.15, -0.1) is 0 Å². The first-order valence-corrected chi connectivity index (χ1v) is 6.36. The van der Waals surface area contributed by atoms with E-state index in [1.807, 2.05) is 13.8 Å². The summed E-state index contributed by atoms with van der Waals surface area (Å²) in [5.41, 5.74) is 5.96. The first-order valence-electron chi connectivity index (χ1n) is 6.36. The molecule has 1 aliphatic carbocycles. The molecule has 3 atom stereocenters. The third-order valence-corrected chi connectivity index (χ3v) is 3.42. The summed E-state index contributed by atoms with van der Waals surface area (Å²) in [4.78, 5) is 0. The van der Waals surface area contributed by atoms with Gasteiger partial charge in [0.25, 0.3) is 0 Å². The van der Waals surface area contributed by atoms with E-state index in [2.05, 4.69) is 5.32 Å². The van der Waals surface area contributed by atoms with Gasteiger partial charge in [0.15, 0.2) is 5.79 Å². The molecule has 3 unspecified atom stereocenters. The van der Waals surface area contributed by atoms with Gasteiger partial charge < -0.3 is 20.5 Å². The zero-order chi connectivity index (χ0) is 11.6. The smallest absolute Gasteiger partial charge is 0.163 e. The zero-order valence-corrected chi connectivity index (χ0v) is 10.4. The molecule has 0 amide bonds. The van der Waals surface area contributed by atoms with Gasteiger partial charge >= 0.3 is 0 Å². The summed E-state index contributed by atoms with van der Waals surface area (Å²) in [7, 11) is 0. The van der Waals surface area contributed by atoms with Crippen molar-refractivity contribution in [2.45, 2.75) is 63.5 Å². The van der Waals surface area contributed by atoms with Crippen molar-refractivity contribution in [3.63, 3.8) is 0 Å². The van der Waals surface area contributed by atoms with Crippen molar-refractivity contribution in [3.8, 4) is 0 Å². The largest absolute Gasteiger partial charge is 0.348 e. The van der Waals surface area contributed by atoms with Crippen LogP contribution in [0.15, 0.2) is 0 Å². The van der Waals surface area contributed by atoms with Gasteiger partial charge in [-0.25, -0.2) is 0 Å². The lowest BCUT2D eigenvalue weighted by Gasteiger charge is -2.28. The van der Waals surface area contributed by atoms with Crippen LogP contribution in [0, 0.1) is 0 Å². The standard InChI is InChI=1S/C12H24N2O2/c1-12(2)15-8-11(16-12)7-14-10-5-3-4-9(13)6-10/h9-11,14H,3-8,13H2,1-2H3. The summed E-state index contributed by atoms with van der Waals surface area (Å²) in [6.45, 7) is 5.49. The average molecular weight is 228 g/mol. The first-order chi connectivity index (χ1) is 7.55. The Morgan fingerprint density at radius 2 is 2.19 bits per heavy atom. The van der Waals surface area contributed by atoms with Crippen molar-refractivity contribution in [1.29, 1.82) is 0 Å². The highest BCUT2D eigenvalue weighted by atomic mass is 16.7. The van der Waals surface area contributed by atoms with Gasteiger partial charge in [-0.1, -0.05) is 6.42 Å². The number of hydrogen-bond donors (Lipinski definition) is 2. The van der Waals surface area contributed by atoms with Gasteiger partial charge in [0, 0.05) is 18.6 Å². The zero-order valence-electron chi connectivity index (χ0n) is 10.4. The minimum Gasteiger partial charge on any atom is -0.348 e. The Balaban J connectivity index is 1.68. The molecule has 1 saturated carbocycles. The van der Waals surface area contributed by atoms with Crippen molar-refractivity contribution in [2.24, 2.45) is 5.73 Å². The number of rotatable bonds is 3. The molecule has 1 heterocycles. The second-order valence-corrected chi connectivity index (χ2v) is 5.48. The van der Waals surface area contributed by atoms with E-state index >= 15 is 0 Å². The van der Waals surface area contributed by atoms with E-state index in [0.29, 0.717) is 18.7 Å².